The highest BCUT2D eigenvalue weighted by atomic mass is 19.3. The van der Waals surface area contributed by atoms with Gasteiger partial charge in [0.05, 0.1) is 17.0 Å². The quantitative estimate of drug-likeness (QED) is 0.230. The minimum atomic E-state index is -2.84. The summed E-state index contributed by atoms with van der Waals surface area (Å²) in [5, 5.41) is 10.4. The molecule has 0 spiro atoms. The largest absolute Gasteiger partial charge is 0.479 e. The number of nitrogens with zero attached hydrogens (tertiary/aromatic N) is 4. The summed E-state index contributed by atoms with van der Waals surface area (Å²) in [4.78, 5) is 28.0. The van der Waals surface area contributed by atoms with Crippen LogP contribution >= 0.6 is 0 Å². The van der Waals surface area contributed by atoms with Crippen molar-refractivity contribution in [1.82, 2.24) is 19.9 Å². The van der Waals surface area contributed by atoms with E-state index in [1.54, 1.807) is 37.3 Å². The fourth-order valence-electron chi connectivity index (χ4n) is 4.29. The zero-order chi connectivity index (χ0) is 29.1. The summed E-state index contributed by atoms with van der Waals surface area (Å²) in [5.74, 6) is -1.77. The second-order valence-electron chi connectivity index (χ2n) is 8.94. The number of halogens is 3. The minimum absolute atomic E-state index is 0.0367. The molecule has 0 radical (unpaired) electrons. The molecule has 3 N–H and O–H groups in total. The Labute approximate surface area is 231 Å². The number of carboxylic acid groups (broad SMARTS) is 1. The number of nitrogen functional groups attached to an aromatic ring is 1. The van der Waals surface area contributed by atoms with E-state index >= 15 is 0 Å². The van der Waals surface area contributed by atoms with E-state index in [2.05, 4.69) is 19.9 Å². The van der Waals surface area contributed by atoms with Crippen molar-refractivity contribution in [3.8, 4) is 34.1 Å². The number of nitrogens with two attached hydrogens (primary N) is 1. The molecule has 0 saturated carbocycles. The van der Waals surface area contributed by atoms with Gasteiger partial charge >= 0.3 is 5.97 Å². The molecule has 208 valence electrons. The molecule has 0 aliphatic heterocycles. The van der Waals surface area contributed by atoms with Crippen molar-refractivity contribution in [3.05, 3.63) is 89.6 Å². The van der Waals surface area contributed by atoms with Crippen molar-refractivity contribution in [1.29, 1.82) is 0 Å². The van der Waals surface area contributed by atoms with Crippen molar-refractivity contribution in [2.45, 2.75) is 20.0 Å². The summed E-state index contributed by atoms with van der Waals surface area (Å²) in [7, 11) is 0. The maximum absolute atomic E-state index is 13.7. The van der Waals surface area contributed by atoms with Gasteiger partial charge < -0.3 is 20.3 Å². The van der Waals surface area contributed by atoms with Crippen molar-refractivity contribution in [3.63, 3.8) is 0 Å². The summed E-state index contributed by atoms with van der Waals surface area (Å²) >= 11 is 0. The molecule has 0 amide bonds. The fraction of sp³-hybridized carbons (Fsp3) is 0.138. The van der Waals surface area contributed by atoms with E-state index in [0.717, 1.165) is 5.39 Å². The third kappa shape index (κ3) is 6.16. The molecular formula is C29H22F3N5O4. The minimum Gasteiger partial charge on any atom is -0.479 e. The lowest BCUT2D eigenvalue weighted by Gasteiger charge is -2.17. The molecule has 3 heterocycles. The molecule has 0 aliphatic carbocycles. The number of alkyl halides is 2. The summed E-state index contributed by atoms with van der Waals surface area (Å²) in [6.45, 7) is 0.806. The molecule has 5 aromatic rings. The van der Waals surface area contributed by atoms with E-state index in [4.69, 9.17) is 20.3 Å². The average molecular weight is 562 g/mol. The van der Waals surface area contributed by atoms with Crippen molar-refractivity contribution in [2.24, 2.45) is 0 Å². The predicted molar refractivity (Wildman–Crippen MR) is 144 cm³/mol. The number of anilines is 1. The molecule has 0 bridgehead atoms. The van der Waals surface area contributed by atoms with Gasteiger partial charge in [0.25, 0.3) is 6.43 Å². The SMILES string of the molecule is Cc1cc(-c2c(OCc3nc(OCC(=O)O)cc4ccccc34)nc(N)nc2-c2ccc(F)cc2)cc(C(F)F)n1. The Morgan fingerprint density at radius 2 is 1.71 bits per heavy atom. The van der Waals surface area contributed by atoms with Crippen LogP contribution in [0.3, 0.4) is 0 Å². The van der Waals surface area contributed by atoms with E-state index in [-0.39, 0.29) is 35.6 Å². The zero-order valence-electron chi connectivity index (χ0n) is 21.5. The van der Waals surface area contributed by atoms with E-state index in [1.807, 2.05) is 6.07 Å². The van der Waals surface area contributed by atoms with Crippen LogP contribution in [-0.2, 0) is 11.4 Å². The first-order chi connectivity index (χ1) is 19.7. The Bertz CT molecular complexity index is 1750. The van der Waals surface area contributed by atoms with Gasteiger partial charge in [-0.25, -0.2) is 27.9 Å². The van der Waals surface area contributed by atoms with Gasteiger partial charge in [0.2, 0.25) is 17.7 Å². The summed E-state index contributed by atoms with van der Waals surface area (Å²) in [6.07, 6.45) is -2.84. The standard InChI is InChI=1S/C29H22F3N5O4/c1-15-10-18(11-21(34-15)27(31)32)25-26(16-6-8-19(30)9-7-16)36-29(33)37-28(25)41-13-22-20-5-3-2-4-17(20)12-23(35-22)40-14-24(38)39/h2-12,27H,13-14H2,1H3,(H,38,39)(H2,33,36,37). The molecule has 0 saturated heterocycles. The second-order valence-corrected chi connectivity index (χ2v) is 8.94. The number of hydrogen-bond acceptors (Lipinski definition) is 8. The van der Waals surface area contributed by atoms with Crippen LogP contribution in [0.1, 0.15) is 23.5 Å². The fourth-order valence-corrected chi connectivity index (χ4v) is 4.29. The highest BCUT2D eigenvalue weighted by molar-refractivity contribution is 5.86. The number of aryl methyl sites for hydroxylation is 1. The Morgan fingerprint density at radius 3 is 2.44 bits per heavy atom. The van der Waals surface area contributed by atoms with Gasteiger partial charge in [-0.2, -0.15) is 4.98 Å². The van der Waals surface area contributed by atoms with Crippen LogP contribution < -0.4 is 15.2 Å². The smallest absolute Gasteiger partial charge is 0.341 e. The Morgan fingerprint density at radius 1 is 0.951 bits per heavy atom. The van der Waals surface area contributed by atoms with Gasteiger partial charge in [-0.1, -0.05) is 24.3 Å². The third-order valence-corrected chi connectivity index (χ3v) is 5.98. The number of aromatic nitrogens is 4. The van der Waals surface area contributed by atoms with E-state index in [0.29, 0.717) is 27.9 Å². The van der Waals surface area contributed by atoms with Crippen molar-refractivity contribution >= 4 is 22.7 Å². The third-order valence-electron chi connectivity index (χ3n) is 5.98. The van der Waals surface area contributed by atoms with Gasteiger partial charge in [-0.15, -0.1) is 0 Å². The van der Waals surface area contributed by atoms with E-state index in [9.17, 15) is 18.0 Å². The highest BCUT2D eigenvalue weighted by Gasteiger charge is 2.22. The number of aliphatic carboxylic acids is 1. The predicted octanol–water partition coefficient (Wildman–Crippen LogP) is 5.76. The molecule has 5 rings (SSSR count). The molecule has 0 atom stereocenters. The van der Waals surface area contributed by atoms with Crippen LogP contribution in [-0.4, -0.2) is 37.6 Å². The van der Waals surface area contributed by atoms with Crippen LogP contribution in [0.2, 0.25) is 0 Å². The molecule has 0 fully saturated rings. The molecule has 12 heteroatoms. The van der Waals surface area contributed by atoms with E-state index in [1.165, 1.54) is 30.3 Å². The molecule has 41 heavy (non-hydrogen) atoms. The van der Waals surface area contributed by atoms with Gasteiger partial charge in [0, 0.05) is 22.7 Å². The maximum atomic E-state index is 13.7. The number of pyridine rings is 2. The first kappa shape index (κ1) is 27.3. The van der Waals surface area contributed by atoms with Crippen molar-refractivity contribution < 1.29 is 32.5 Å². The van der Waals surface area contributed by atoms with E-state index < -0.39 is 30.5 Å². The van der Waals surface area contributed by atoms with Gasteiger partial charge in [-0.05, 0) is 54.3 Å². The van der Waals surface area contributed by atoms with Crippen molar-refractivity contribution in [2.75, 3.05) is 12.3 Å². The number of hydrogen-bond donors (Lipinski definition) is 2. The lowest BCUT2D eigenvalue weighted by Crippen LogP contribution is -2.11. The number of carbonyl (C=O) groups is 1. The lowest BCUT2D eigenvalue weighted by molar-refractivity contribution is -0.139. The normalized spacial score (nSPS) is 11.1. The first-order valence-electron chi connectivity index (χ1n) is 12.2. The maximum Gasteiger partial charge on any atom is 0.341 e. The van der Waals surface area contributed by atoms with Crippen LogP contribution in [0.15, 0.2) is 66.7 Å². The first-order valence-corrected chi connectivity index (χ1v) is 12.2. The average Bonchev–Trinajstić information content (AvgIpc) is 2.94. The summed E-state index contributed by atoms with van der Waals surface area (Å²) in [6, 6.07) is 17.0. The van der Waals surface area contributed by atoms with Gasteiger partial charge in [0.15, 0.2) is 6.61 Å². The number of rotatable bonds is 9. The zero-order valence-corrected chi connectivity index (χ0v) is 21.5. The number of benzene rings is 2. The topological polar surface area (TPSA) is 133 Å². The monoisotopic (exact) mass is 561 g/mol. The second kappa shape index (κ2) is 11.5. The highest BCUT2D eigenvalue weighted by Crippen LogP contribution is 2.39. The molecule has 9 nitrogen and oxygen atoms in total. The molecular weight excluding hydrogens is 539 g/mol. The van der Waals surface area contributed by atoms with Crippen LogP contribution in [0, 0.1) is 12.7 Å². The number of carboxylic acids is 1. The van der Waals surface area contributed by atoms with Gasteiger partial charge in [-0.3, -0.25) is 4.98 Å². The molecule has 0 unspecified atom stereocenters. The van der Waals surface area contributed by atoms with Crippen LogP contribution in [0.5, 0.6) is 11.8 Å². The summed E-state index contributed by atoms with van der Waals surface area (Å²) in [5.41, 5.74) is 7.50. The Balaban J connectivity index is 1.64. The van der Waals surface area contributed by atoms with Gasteiger partial charge in [0.1, 0.15) is 18.1 Å². The molecule has 3 aromatic heterocycles. The molecule has 0 aliphatic rings. The number of fused-ring (bicyclic) bond motifs is 1. The lowest BCUT2D eigenvalue weighted by atomic mass is 9.99. The molecule has 2 aromatic carbocycles. The van der Waals surface area contributed by atoms with Crippen LogP contribution in [0.25, 0.3) is 33.2 Å². The Kier molecular flexibility index (Phi) is 7.64. The summed E-state index contributed by atoms with van der Waals surface area (Å²) < 4.78 is 52.5. The Hall–Kier alpha value is -5.26. The number of ether oxygens (including phenoxy) is 2. The van der Waals surface area contributed by atoms with Crippen LogP contribution in [0.4, 0.5) is 19.1 Å².